The smallest absolute Gasteiger partial charge is 0.321 e. The van der Waals surface area contributed by atoms with E-state index in [9.17, 15) is 13.2 Å². The van der Waals surface area contributed by atoms with E-state index in [0.29, 0.717) is 11.3 Å². The molecule has 80 valence electrons. The fourth-order valence-corrected chi connectivity index (χ4v) is 1.97. The molecule has 0 fully saturated rings. The first-order chi connectivity index (χ1) is 6.27. The minimum Gasteiger partial charge on any atom is -0.321 e. The van der Waals surface area contributed by atoms with Gasteiger partial charge in [0.2, 0.25) is 0 Å². The summed E-state index contributed by atoms with van der Waals surface area (Å²) in [5.41, 5.74) is 5.18. The van der Waals surface area contributed by atoms with Crippen LogP contribution in [0.15, 0.2) is 12.1 Å². The fraction of sp³-hybridized carbons (Fsp3) is 0.556. The SMILES string of the molecule is CCC(C)(N)c1ccc(C(F)(F)F)s1. The first-order valence-corrected chi connectivity index (χ1v) is 5.05. The predicted octanol–water partition coefficient (Wildman–Crippen LogP) is 3.35. The number of alkyl halides is 3. The zero-order chi connectivity index (χ0) is 11.0. The summed E-state index contributed by atoms with van der Waals surface area (Å²) in [6, 6.07) is 2.54. The van der Waals surface area contributed by atoms with E-state index >= 15 is 0 Å². The largest absolute Gasteiger partial charge is 0.425 e. The van der Waals surface area contributed by atoms with E-state index < -0.39 is 16.6 Å². The molecule has 0 bridgehead atoms. The standard InChI is InChI=1S/C9H12F3NS/c1-3-8(2,13)6-4-5-7(14-6)9(10,11)12/h4-5H,3,13H2,1-2H3. The normalized spacial score (nSPS) is 16.7. The van der Waals surface area contributed by atoms with Crippen molar-refractivity contribution in [3.63, 3.8) is 0 Å². The van der Waals surface area contributed by atoms with Crippen molar-refractivity contribution < 1.29 is 13.2 Å². The van der Waals surface area contributed by atoms with Crippen LogP contribution in [0.3, 0.4) is 0 Å². The van der Waals surface area contributed by atoms with Gasteiger partial charge in [-0.25, -0.2) is 0 Å². The molecule has 0 aliphatic rings. The van der Waals surface area contributed by atoms with Crippen LogP contribution in [0.2, 0.25) is 0 Å². The third kappa shape index (κ3) is 2.27. The predicted molar refractivity (Wildman–Crippen MR) is 51.2 cm³/mol. The molecule has 14 heavy (non-hydrogen) atoms. The second-order valence-corrected chi connectivity index (χ2v) is 4.52. The molecule has 0 aliphatic heterocycles. The maximum absolute atomic E-state index is 12.3. The summed E-state index contributed by atoms with van der Waals surface area (Å²) >= 11 is 0.721. The van der Waals surface area contributed by atoms with Crippen LogP contribution < -0.4 is 5.73 Å². The Kier molecular flexibility index (Phi) is 2.92. The first-order valence-electron chi connectivity index (χ1n) is 4.24. The van der Waals surface area contributed by atoms with Crippen LogP contribution in [0, 0.1) is 0 Å². The summed E-state index contributed by atoms with van der Waals surface area (Å²) < 4.78 is 36.8. The molecule has 0 aliphatic carbocycles. The van der Waals surface area contributed by atoms with E-state index in [1.165, 1.54) is 6.07 Å². The van der Waals surface area contributed by atoms with E-state index in [2.05, 4.69) is 0 Å². The lowest BCUT2D eigenvalue weighted by Crippen LogP contribution is -2.30. The molecule has 1 aromatic rings. The highest BCUT2D eigenvalue weighted by atomic mass is 32.1. The Balaban J connectivity index is 3.00. The molecule has 0 saturated carbocycles. The molecule has 0 radical (unpaired) electrons. The van der Waals surface area contributed by atoms with E-state index in [-0.39, 0.29) is 0 Å². The molecule has 0 saturated heterocycles. The van der Waals surface area contributed by atoms with Crippen LogP contribution in [0.4, 0.5) is 13.2 Å². The van der Waals surface area contributed by atoms with E-state index in [4.69, 9.17) is 5.73 Å². The summed E-state index contributed by atoms with van der Waals surface area (Å²) in [7, 11) is 0. The van der Waals surface area contributed by atoms with Gasteiger partial charge >= 0.3 is 6.18 Å². The number of hydrogen-bond donors (Lipinski definition) is 1. The average Bonchev–Trinajstić information content (AvgIpc) is 2.51. The monoisotopic (exact) mass is 223 g/mol. The van der Waals surface area contributed by atoms with Crippen molar-refractivity contribution in [1.82, 2.24) is 0 Å². The van der Waals surface area contributed by atoms with Gasteiger partial charge in [-0.05, 0) is 25.5 Å². The first kappa shape index (κ1) is 11.5. The maximum atomic E-state index is 12.3. The average molecular weight is 223 g/mol. The Morgan fingerprint density at radius 2 is 1.79 bits per heavy atom. The van der Waals surface area contributed by atoms with Crippen LogP contribution in [-0.2, 0) is 11.7 Å². The Morgan fingerprint density at radius 3 is 2.14 bits per heavy atom. The van der Waals surface area contributed by atoms with Crippen LogP contribution in [0.1, 0.15) is 30.0 Å². The second kappa shape index (κ2) is 3.55. The highest BCUT2D eigenvalue weighted by molar-refractivity contribution is 7.12. The van der Waals surface area contributed by atoms with Crippen LogP contribution in [-0.4, -0.2) is 0 Å². The van der Waals surface area contributed by atoms with Gasteiger partial charge in [0, 0.05) is 10.4 Å². The maximum Gasteiger partial charge on any atom is 0.425 e. The lowest BCUT2D eigenvalue weighted by molar-refractivity contribution is -0.134. The zero-order valence-corrected chi connectivity index (χ0v) is 8.80. The molecule has 0 amide bonds. The number of halogens is 3. The van der Waals surface area contributed by atoms with Gasteiger partial charge in [0.15, 0.2) is 0 Å². The summed E-state index contributed by atoms with van der Waals surface area (Å²) in [5.74, 6) is 0. The quantitative estimate of drug-likeness (QED) is 0.817. The number of thiophene rings is 1. The second-order valence-electron chi connectivity index (χ2n) is 3.43. The van der Waals surface area contributed by atoms with Crippen LogP contribution in [0.25, 0.3) is 0 Å². The van der Waals surface area contributed by atoms with Crippen molar-refractivity contribution in [2.75, 3.05) is 0 Å². The molecule has 1 rings (SSSR count). The molecule has 5 heteroatoms. The Labute approximate surface area is 84.7 Å². The summed E-state index contributed by atoms with van der Waals surface area (Å²) in [5, 5.41) is 0. The van der Waals surface area contributed by atoms with Gasteiger partial charge in [0.05, 0.1) is 0 Å². The Morgan fingerprint density at radius 1 is 1.29 bits per heavy atom. The summed E-state index contributed by atoms with van der Waals surface area (Å²) in [6.45, 7) is 3.59. The van der Waals surface area contributed by atoms with Crippen molar-refractivity contribution >= 4 is 11.3 Å². The third-order valence-electron chi connectivity index (χ3n) is 2.18. The molecule has 0 spiro atoms. The van der Waals surface area contributed by atoms with Crippen molar-refractivity contribution in [1.29, 1.82) is 0 Å². The Hall–Kier alpha value is -0.550. The van der Waals surface area contributed by atoms with E-state index in [0.717, 1.165) is 17.4 Å². The van der Waals surface area contributed by atoms with Crippen molar-refractivity contribution in [3.8, 4) is 0 Å². The van der Waals surface area contributed by atoms with E-state index in [1.54, 1.807) is 6.92 Å². The Bertz CT molecular complexity index is 314. The van der Waals surface area contributed by atoms with Crippen molar-refractivity contribution in [2.45, 2.75) is 32.0 Å². The van der Waals surface area contributed by atoms with Gasteiger partial charge in [0.1, 0.15) is 4.88 Å². The van der Waals surface area contributed by atoms with E-state index in [1.807, 2.05) is 6.92 Å². The molecule has 1 nitrogen and oxygen atoms in total. The van der Waals surface area contributed by atoms with Gasteiger partial charge in [-0.2, -0.15) is 13.2 Å². The minimum absolute atomic E-state index is 0.576. The highest BCUT2D eigenvalue weighted by Gasteiger charge is 2.34. The van der Waals surface area contributed by atoms with Crippen molar-refractivity contribution in [3.05, 3.63) is 21.9 Å². The lowest BCUT2D eigenvalue weighted by Gasteiger charge is -2.20. The summed E-state index contributed by atoms with van der Waals surface area (Å²) in [4.78, 5) is -0.00931. The summed E-state index contributed by atoms with van der Waals surface area (Å²) in [6.07, 6.45) is -3.64. The topological polar surface area (TPSA) is 26.0 Å². The van der Waals surface area contributed by atoms with Gasteiger partial charge in [-0.1, -0.05) is 6.92 Å². The van der Waals surface area contributed by atoms with Crippen LogP contribution in [0.5, 0.6) is 0 Å². The third-order valence-corrected chi connectivity index (χ3v) is 3.59. The highest BCUT2D eigenvalue weighted by Crippen LogP contribution is 2.38. The number of nitrogens with two attached hydrogens (primary N) is 1. The minimum atomic E-state index is -4.26. The molecule has 1 heterocycles. The zero-order valence-electron chi connectivity index (χ0n) is 7.98. The molecular formula is C9H12F3NS. The lowest BCUT2D eigenvalue weighted by atomic mass is 9.99. The fourth-order valence-electron chi connectivity index (χ4n) is 0.971. The van der Waals surface area contributed by atoms with Crippen molar-refractivity contribution in [2.24, 2.45) is 5.73 Å². The molecule has 1 aromatic heterocycles. The van der Waals surface area contributed by atoms with Gasteiger partial charge < -0.3 is 5.73 Å². The van der Waals surface area contributed by atoms with Gasteiger partial charge in [-0.15, -0.1) is 11.3 Å². The molecule has 1 atom stereocenters. The molecule has 1 unspecified atom stereocenters. The number of hydrogen-bond acceptors (Lipinski definition) is 2. The molecule has 0 aromatic carbocycles. The van der Waals surface area contributed by atoms with Gasteiger partial charge in [-0.3, -0.25) is 0 Å². The molecule has 2 N–H and O–H groups in total. The number of rotatable bonds is 2. The van der Waals surface area contributed by atoms with Crippen LogP contribution >= 0.6 is 11.3 Å². The van der Waals surface area contributed by atoms with Gasteiger partial charge in [0.25, 0.3) is 0 Å². The molecular weight excluding hydrogens is 211 g/mol.